The lowest BCUT2D eigenvalue weighted by Crippen LogP contribution is -2.34. The molecule has 1 aromatic carbocycles. The summed E-state index contributed by atoms with van der Waals surface area (Å²) in [6, 6.07) is 6.86. The van der Waals surface area contributed by atoms with Crippen LogP contribution in [-0.4, -0.2) is 30.7 Å². The molecule has 0 spiro atoms. The predicted octanol–water partition coefficient (Wildman–Crippen LogP) is 3.55. The van der Waals surface area contributed by atoms with Gasteiger partial charge in [-0.15, -0.1) is 11.3 Å². The normalized spacial score (nSPS) is 12.2. The summed E-state index contributed by atoms with van der Waals surface area (Å²) in [6.07, 6.45) is 2.82. The Morgan fingerprint density at radius 2 is 2.11 bits per heavy atom. The van der Waals surface area contributed by atoms with Gasteiger partial charge in [-0.25, -0.2) is 4.79 Å². The summed E-state index contributed by atoms with van der Waals surface area (Å²) in [7, 11) is 1.36. The van der Waals surface area contributed by atoms with Gasteiger partial charge >= 0.3 is 5.97 Å². The van der Waals surface area contributed by atoms with Crippen molar-refractivity contribution in [2.24, 2.45) is 0 Å². The number of ether oxygens (including phenoxy) is 2. The van der Waals surface area contributed by atoms with Crippen LogP contribution in [0.5, 0.6) is 5.75 Å². The molecule has 1 aromatic heterocycles. The van der Waals surface area contributed by atoms with E-state index >= 15 is 0 Å². The van der Waals surface area contributed by atoms with E-state index in [1.165, 1.54) is 18.4 Å². The van der Waals surface area contributed by atoms with Crippen molar-refractivity contribution in [1.82, 2.24) is 5.32 Å². The maximum Gasteiger partial charge on any atom is 0.341 e. The molecule has 0 saturated heterocycles. The Bertz CT molecular complexity index is 892. The summed E-state index contributed by atoms with van der Waals surface area (Å²) in [5, 5.41) is 6.37. The zero-order chi connectivity index (χ0) is 19.4. The molecule has 8 heteroatoms. The number of fused-ring (bicyclic) bond motifs is 1. The van der Waals surface area contributed by atoms with Crippen molar-refractivity contribution < 1.29 is 19.1 Å². The number of rotatable bonds is 5. The van der Waals surface area contributed by atoms with E-state index in [2.05, 4.69) is 10.6 Å². The molecule has 0 bridgehead atoms. The minimum absolute atomic E-state index is 0.131. The average molecular weight is 405 g/mol. The number of methoxy groups -OCH3 is 1. The summed E-state index contributed by atoms with van der Waals surface area (Å²) >= 11 is 6.75. The molecule has 0 radical (unpaired) electrons. The van der Waals surface area contributed by atoms with Gasteiger partial charge in [0.25, 0.3) is 5.91 Å². The lowest BCUT2D eigenvalue weighted by Gasteiger charge is -2.11. The summed E-state index contributed by atoms with van der Waals surface area (Å²) in [5.74, 6) is -0.125. The molecule has 2 N–H and O–H groups in total. The number of benzene rings is 1. The molecule has 2 aromatic rings. The Kier molecular flexibility index (Phi) is 6.08. The molecule has 3 rings (SSSR count). The zero-order valence-corrected chi connectivity index (χ0v) is 16.7. The predicted molar refractivity (Wildman–Crippen MR) is 109 cm³/mol. The molecule has 1 aliphatic carbocycles. The molecule has 1 amide bonds. The number of aryl methyl sites for hydroxylation is 1. The third kappa shape index (κ3) is 4.28. The molecule has 1 aliphatic rings. The highest BCUT2D eigenvalue weighted by molar-refractivity contribution is 7.80. The number of thiocarbonyl (C=S) groups is 1. The highest BCUT2D eigenvalue weighted by Gasteiger charge is 2.27. The molecular weight excluding hydrogens is 384 g/mol. The molecule has 0 atom stereocenters. The van der Waals surface area contributed by atoms with Crippen LogP contribution in [-0.2, 0) is 17.6 Å². The second-order valence-electron chi connectivity index (χ2n) is 5.92. The molecule has 142 valence electrons. The van der Waals surface area contributed by atoms with Crippen molar-refractivity contribution >= 4 is 45.5 Å². The maximum atomic E-state index is 12.4. The van der Waals surface area contributed by atoms with Gasteiger partial charge in [-0.05, 0) is 62.2 Å². The van der Waals surface area contributed by atoms with Crippen molar-refractivity contribution in [3.63, 3.8) is 0 Å². The van der Waals surface area contributed by atoms with Gasteiger partial charge in [0, 0.05) is 10.4 Å². The van der Waals surface area contributed by atoms with Crippen molar-refractivity contribution in [3.8, 4) is 5.75 Å². The van der Waals surface area contributed by atoms with Crippen molar-refractivity contribution in [3.05, 3.63) is 45.8 Å². The van der Waals surface area contributed by atoms with E-state index < -0.39 is 5.97 Å². The molecule has 0 unspecified atom stereocenters. The standard InChI is InChI=1S/C19H20N2O4S2/c1-3-25-12-7-4-6-11(10-12)16(22)20-19(26)21-17-15(18(23)24-2)13-8-5-9-14(13)27-17/h4,6-7,10H,3,5,8-9H2,1-2H3,(H2,20,21,22,26). The SMILES string of the molecule is CCOc1cccc(C(=O)NC(=S)Nc2sc3c(c2C(=O)OC)CCC3)c1. The number of carbonyl (C=O) groups is 2. The van der Waals surface area contributed by atoms with E-state index in [0.717, 1.165) is 29.7 Å². The summed E-state index contributed by atoms with van der Waals surface area (Å²) < 4.78 is 10.3. The third-order valence-corrected chi connectivity index (χ3v) is 5.58. The Balaban J connectivity index is 1.72. The van der Waals surface area contributed by atoms with Crippen LogP contribution in [0, 0.1) is 0 Å². The van der Waals surface area contributed by atoms with Gasteiger partial charge in [-0.1, -0.05) is 6.07 Å². The van der Waals surface area contributed by atoms with Gasteiger partial charge in [0.15, 0.2) is 5.11 Å². The summed E-state index contributed by atoms with van der Waals surface area (Å²) in [4.78, 5) is 25.8. The topological polar surface area (TPSA) is 76.7 Å². The molecule has 0 aliphatic heterocycles. The van der Waals surface area contributed by atoms with Crippen LogP contribution in [0.4, 0.5) is 5.00 Å². The number of esters is 1. The fourth-order valence-electron chi connectivity index (χ4n) is 3.01. The Morgan fingerprint density at radius 3 is 2.85 bits per heavy atom. The largest absolute Gasteiger partial charge is 0.494 e. The lowest BCUT2D eigenvalue weighted by molar-refractivity contribution is 0.0601. The van der Waals surface area contributed by atoms with Crippen LogP contribution in [0.3, 0.4) is 0 Å². The fourth-order valence-corrected chi connectivity index (χ4v) is 4.55. The van der Waals surface area contributed by atoms with E-state index in [9.17, 15) is 9.59 Å². The quantitative estimate of drug-likeness (QED) is 0.586. The second-order valence-corrected chi connectivity index (χ2v) is 7.44. The first-order valence-electron chi connectivity index (χ1n) is 8.61. The smallest absolute Gasteiger partial charge is 0.341 e. The van der Waals surface area contributed by atoms with Gasteiger partial charge in [0.05, 0.1) is 19.3 Å². The number of amides is 1. The van der Waals surface area contributed by atoms with E-state index in [1.54, 1.807) is 24.3 Å². The van der Waals surface area contributed by atoms with Crippen LogP contribution in [0.1, 0.15) is 44.5 Å². The van der Waals surface area contributed by atoms with E-state index in [-0.39, 0.29) is 11.0 Å². The van der Waals surface area contributed by atoms with Crippen LogP contribution >= 0.6 is 23.6 Å². The van der Waals surface area contributed by atoms with E-state index in [1.807, 2.05) is 6.92 Å². The van der Waals surface area contributed by atoms with Gasteiger partial charge in [0.1, 0.15) is 10.8 Å². The summed E-state index contributed by atoms with van der Waals surface area (Å²) in [6.45, 7) is 2.40. The highest BCUT2D eigenvalue weighted by Crippen LogP contribution is 2.39. The van der Waals surface area contributed by atoms with Crippen LogP contribution in [0.25, 0.3) is 0 Å². The number of thiophene rings is 1. The van der Waals surface area contributed by atoms with Crippen molar-refractivity contribution in [2.75, 3.05) is 19.0 Å². The van der Waals surface area contributed by atoms with Crippen LogP contribution in [0.15, 0.2) is 24.3 Å². The minimum Gasteiger partial charge on any atom is -0.494 e. The fraction of sp³-hybridized carbons (Fsp3) is 0.316. The van der Waals surface area contributed by atoms with Gasteiger partial charge in [0.2, 0.25) is 0 Å². The van der Waals surface area contributed by atoms with Crippen molar-refractivity contribution in [2.45, 2.75) is 26.2 Å². The monoisotopic (exact) mass is 404 g/mol. The number of hydrogen-bond acceptors (Lipinski definition) is 6. The van der Waals surface area contributed by atoms with E-state index in [0.29, 0.717) is 28.5 Å². The second kappa shape index (κ2) is 8.49. The minimum atomic E-state index is -0.393. The Labute approximate surface area is 166 Å². The molecule has 0 saturated carbocycles. The van der Waals surface area contributed by atoms with Crippen LogP contribution < -0.4 is 15.4 Å². The zero-order valence-electron chi connectivity index (χ0n) is 15.1. The lowest BCUT2D eigenvalue weighted by atomic mass is 10.1. The summed E-state index contributed by atoms with van der Waals surface area (Å²) in [5.41, 5.74) is 1.98. The van der Waals surface area contributed by atoms with Crippen molar-refractivity contribution in [1.29, 1.82) is 0 Å². The van der Waals surface area contributed by atoms with Gasteiger partial charge in [-0.3, -0.25) is 10.1 Å². The molecular formula is C19H20N2O4S2. The number of nitrogens with one attached hydrogen (secondary N) is 2. The molecule has 27 heavy (non-hydrogen) atoms. The third-order valence-electron chi connectivity index (χ3n) is 4.17. The first-order chi connectivity index (χ1) is 13.0. The molecule has 0 fully saturated rings. The van der Waals surface area contributed by atoms with Gasteiger partial charge < -0.3 is 14.8 Å². The van der Waals surface area contributed by atoms with Gasteiger partial charge in [-0.2, -0.15) is 0 Å². The maximum absolute atomic E-state index is 12.4. The number of anilines is 1. The average Bonchev–Trinajstić information content (AvgIpc) is 3.22. The highest BCUT2D eigenvalue weighted by atomic mass is 32.1. The van der Waals surface area contributed by atoms with Crippen LogP contribution in [0.2, 0.25) is 0 Å². The Morgan fingerprint density at radius 1 is 1.30 bits per heavy atom. The molecule has 1 heterocycles. The first kappa shape index (κ1) is 19.3. The number of hydrogen-bond donors (Lipinski definition) is 2. The number of carbonyl (C=O) groups excluding carboxylic acids is 2. The first-order valence-corrected chi connectivity index (χ1v) is 9.84. The molecule has 6 nitrogen and oxygen atoms in total. The van der Waals surface area contributed by atoms with E-state index in [4.69, 9.17) is 21.7 Å². The Hall–Kier alpha value is -2.45.